The van der Waals surface area contributed by atoms with E-state index in [1.807, 2.05) is 0 Å². The highest BCUT2D eigenvalue weighted by Crippen LogP contribution is 2.14. The molecule has 0 unspecified atom stereocenters. The number of carboxylic acids is 1. The van der Waals surface area contributed by atoms with E-state index in [1.165, 1.54) is 0 Å². The molecular formula is C7H3ClN2O2. The quantitative estimate of drug-likeness (QED) is 0.711. The van der Waals surface area contributed by atoms with Gasteiger partial charge < -0.3 is 5.11 Å². The van der Waals surface area contributed by atoms with Crippen LogP contribution in [0.3, 0.4) is 0 Å². The molecule has 0 aromatic carbocycles. The van der Waals surface area contributed by atoms with Gasteiger partial charge in [0.05, 0.1) is 10.6 Å². The Morgan fingerprint density at radius 2 is 2.42 bits per heavy atom. The summed E-state index contributed by atoms with van der Waals surface area (Å²) >= 11 is 5.50. The number of aromatic carboxylic acids is 1. The van der Waals surface area contributed by atoms with Crippen molar-refractivity contribution < 1.29 is 9.90 Å². The Morgan fingerprint density at radius 1 is 1.75 bits per heavy atom. The summed E-state index contributed by atoms with van der Waals surface area (Å²) < 4.78 is 0. The predicted molar refractivity (Wildman–Crippen MR) is 40.9 cm³/mol. The minimum atomic E-state index is -1.17. The van der Waals surface area contributed by atoms with Crippen molar-refractivity contribution in [3.05, 3.63) is 28.5 Å². The Kier molecular flexibility index (Phi) is 2.26. The minimum absolute atomic E-state index is 0.0292. The van der Waals surface area contributed by atoms with Crippen molar-refractivity contribution in [1.29, 1.82) is 5.26 Å². The van der Waals surface area contributed by atoms with Crippen LogP contribution in [-0.4, -0.2) is 16.1 Å². The van der Waals surface area contributed by atoms with Crippen LogP contribution in [0.5, 0.6) is 0 Å². The van der Waals surface area contributed by atoms with Gasteiger partial charge in [-0.05, 0) is 6.07 Å². The summed E-state index contributed by atoms with van der Waals surface area (Å²) in [6, 6.07) is 2.85. The van der Waals surface area contributed by atoms with Gasteiger partial charge in [0, 0.05) is 6.20 Å². The molecule has 0 radical (unpaired) electrons. The zero-order valence-corrected chi connectivity index (χ0v) is 6.54. The Labute approximate surface area is 73.0 Å². The zero-order chi connectivity index (χ0) is 9.14. The topological polar surface area (TPSA) is 74.0 Å². The fourth-order valence-corrected chi connectivity index (χ4v) is 0.848. The molecule has 1 aromatic heterocycles. The van der Waals surface area contributed by atoms with E-state index >= 15 is 0 Å². The molecule has 1 rings (SSSR count). The fourth-order valence-electron chi connectivity index (χ4n) is 0.664. The van der Waals surface area contributed by atoms with Crippen molar-refractivity contribution in [2.75, 3.05) is 0 Å². The van der Waals surface area contributed by atoms with Gasteiger partial charge in [0.1, 0.15) is 11.8 Å². The van der Waals surface area contributed by atoms with E-state index in [1.54, 1.807) is 6.07 Å². The third-order valence-electron chi connectivity index (χ3n) is 1.20. The highest BCUT2D eigenvalue weighted by atomic mass is 35.5. The lowest BCUT2D eigenvalue weighted by Gasteiger charge is -1.96. The summed E-state index contributed by atoms with van der Waals surface area (Å²) in [4.78, 5) is 14.1. The number of rotatable bonds is 1. The highest BCUT2D eigenvalue weighted by Gasteiger charge is 2.09. The van der Waals surface area contributed by atoms with Gasteiger partial charge in [0.15, 0.2) is 0 Å². The first-order valence-corrected chi connectivity index (χ1v) is 3.32. The molecule has 0 saturated heterocycles. The third-order valence-corrected chi connectivity index (χ3v) is 1.50. The Morgan fingerprint density at radius 3 is 2.92 bits per heavy atom. The number of carboxylic acid groups (broad SMARTS) is 1. The van der Waals surface area contributed by atoms with Gasteiger partial charge in [0.25, 0.3) is 0 Å². The van der Waals surface area contributed by atoms with Crippen LogP contribution in [0.15, 0.2) is 12.3 Å². The average molecular weight is 183 g/mol. The number of nitriles is 1. The average Bonchev–Trinajstić information content (AvgIpc) is 2.05. The maximum Gasteiger partial charge on any atom is 0.337 e. The van der Waals surface area contributed by atoms with E-state index in [0.29, 0.717) is 0 Å². The van der Waals surface area contributed by atoms with E-state index in [9.17, 15) is 4.79 Å². The van der Waals surface area contributed by atoms with Gasteiger partial charge in [-0.3, -0.25) is 0 Å². The first-order chi connectivity index (χ1) is 5.65. The van der Waals surface area contributed by atoms with Crippen molar-refractivity contribution in [3.63, 3.8) is 0 Å². The molecule has 0 amide bonds. The normalized spacial score (nSPS) is 9.00. The molecule has 0 aliphatic rings. The lowest BCUT2D eigenvalue weighted by atomic mass is 10.2. The van der Waals surface area contributed by atoms with Gasteiger partial charge in [-0.15, -0.1) is 0 Å². The van der Waals surface area contributed by atoms with Crippen LogP contribution >= 0.6 is 11.6 Å². The Bertz CT molecular complexity index is 370. The van der Waals surface area contributed by atoms with E-state index in [-0.39, 0.29) is 16.3 Å². The second kappa shape index (κ2) is 3.20. The monoisotopic (exact) mass is 182 g/mol. The molecule has 0 bridgehead atoms. The van der Waals surface area contributed by atoms with E-state index in [0.717, 1.165) is 12.3 Å². The first-order valence-electron chi connectivity index (χ1n) is 2.94. The van der Waals surface area contributed by atoms with E-state index < -0.39 is 5.97 Å². The van der Waals surface area contributed by atoms with Gasteiger partial charge in [-0.2, -0.15) is 5.26 Å². The third kappa shape index (κ3) is 1.52. The smallest absolute Gasteiger partial charge is 0.337 e. The molecular weight excluding hydrogens is 180 g/mol. The number of carbonyl (C=O) groups is 1. The summed E-state index contributed by atoms with van der Waals surface area (Å²) in [6.07, 6.45) is 1.14. The van der Waals surface area contributed by atoms with Crippen molar-refractivity contribution in [2.45, 2.75) is 0 Å². The molecule has 1 heterocycles. The molecule has 0 saturated carbocycles. The largest absolute Gasteiger partial charge is 0.478 e. The molecule has 12 heavy (non-hydrogen) atoms. The van der Waals surface area contributed by atoms with Crippen molar-refractivity contribution in [3.8, 4) is 6.07 Å². The lowest BCUT2D eigenvalue weighted by Crippen LogP contribution is -1.99. The molecule has 0 fully saturated rings. The predicted octanol–water partition coefficient (Wildman–Crippen LogP) is 1.30. The van der Waals surface area contributed by atoms with Crippen molar-refractivity contribution in [2.24, 2.45) is 0 Å². The minimum Gasteiger partial charge on any atom is -0.478 e. The molecule has 0 atom stereocenters. The standard InChI is InChI=1S/C7H3ClN2O2/c8-6-3-10-4(2-9)1-5(6)7(11)12/h1,3H,(H,11,12). The lowest BCUT2D eigenvalue weighted by molar-refractivity contribution is 0.0697. The van der Waals surface area contributed by atoms with E-state index in [4.69, 9.17) is 22.0 Å². The number of nitrogens with zero attached hydrogens (tertiary/aromatic N) is 2. The maximum absolute atomic E-state index is 10.5. The van der Waals surface area contributed by atoms with Gasteiger partial charge in [-0.25, -0.2) is 9.78 Å². The second-order valence-corrected chi connectivity index (χ2v) is 2.37. The van der Waals surface area contributed by atoms with Gasteiger partial charge in [0.2, 0.25) is 0 Å². The summed E-state index contributed by atoms with van der Waals surface area (Å²) in [5.74, 6) is -1.17. The Balaban J connectivity index is 3.28. The molecule has 0 spiro atoms. The molecule has 5 heteroatoms. The summed E-state index contributed by atoms with van der Waals surface area (Å²) in [5, 5.41) is 17.0. The van der Waals surface area contributed by atoms with E-state index in [2.05, 4.69) is 4.98 Å². The first kappa shape index (κ1) is 8.50. The molecule has 4 nitrogen and oxygen atoms in total. The highest BCUT2D eigenvalue weighted by molar-refractivity contribution is 6.33. The molecule has 0 aliphatic heterocycles. The van der Waals surface area contributed by atoms with Crippen LogP contribution in [0, 0.1) is 11.3 Å². The number of pyridine rings is 1. The van der Waals surface area contributed by atoms with Crippen molar-refractivity contribution >= 4 is 17.6 Å². The number of hydrogen-bond acceptors (Lipinski definition) is 3. The van der Waals surface area contributed by atoms with Crippen LogP contribution < -0.4 is 0 Å². The zero-order valence-electron chi connectivity index (χ0n) is 5.78. The van der Waals surface area contributed by atoms with Gasteiger partial charge in [-0.1, -0.05) is 11.6 Å². The second-order valence-electron chi connectivity index (χ2n) is 1.97. The number of hydrogen-bond donors (Lipinski definition) is 1. The number of aromatic nitrogens is 1. The number of halogens is 1. The molecule has 0 aliphatic carbocycles. The molecule has 1 N–H and O–H groups in total. The van der Waals surface area contributed by atoms with Gasteiger partial charge >= 0.3 is 5.97 Å². The molecule has 1 aromatic rings. The fraction of sp³-hybridized carbons (Fsp3) is 0. The SMILES string of the molecule is N#Cc1cc(C(=O)O)c(Cl)cn1. The van der Waals surface area contributed by atoms with Crippen LogP contribution in [0.4, 0.5) is 0 Å². The maximum atomic E-state index is 10.5. The van der Waals surface area contributed by atoms with Crippen LogP contribution in [0.2, 0.25) is 5.02 Å². The van der Waals surface area contributed by atoms with Crippen molar-refractivity contribution in [1.82, 2.24) is 4.98 Å². The molecule has 60 valence electrons. The summed E-state index contributed by atoms with van der Waals surface area (Å²) in [5.41, 5.74) is -0.0694. The Hall–Kier alpha value is -1.60. The van der Waals surface area contributed by atoms with Crippen LogP contribution in [-0.2, 0) is 0 Å². The summed E-state index contributed by atoms with van der Waals surface area (Å²) in [6.45, 7) is 0. The van der Waals surface area contributed by atoms with Crippen LogP contribution in [0.1, 0.15) is 16.1 Å². The summed E-state index contributed by atoms with van der Waals surface area (Å²) in [7, 11) is 0. The van der Waals surface area contributed by atoms with Crippen LogP contribution in [0.25, 0.3) is 0 Å².